The molecular formula is C13H19F2NO2. The SMILES string of the molecule is CC(C)=O.COc1ccc(NC(C)C)c(F)c1F. The first-order chi connectivity index (χ1) is 8.29. The summed E-state index contributed by atoms with van der Waals surface area (Å²) in [5.41, 5.74) is 0.151. The van der Waals surface area contributed by atoms with Crippen LogP contribution in [0.4, 0.5) is 14.5 Å². The molecule has 0 aliphatic rings. The van der Waals surface area contributed by atoms with Crippen LogP contribution in [0.5, 0.6) is 5.75 Å². The van der Waals surface area contributed by atoms with E-state index in [9.17, 15) is 13.6 Å². The number of hydrogen-bond donors (Lipinski definition) is 1. The molecule has 1 aromatic carbocycles. The Hall–Kier alpha value is -1.65. The molecule has 0 aliphatic carbocycles. The summed E-state index contributed by atoms with van der Waals surface area (Å²) in [5.74, 6) is -1.78. The molecule has 0 fully saturated rings. The average molecular weight is 259 g/mol. The minimum atomic E-state index is -0.960. The van der Waals surface area contributed by atoms with E-state index in [1.54, 1.807) is 0 Å². The van der Waals surface area contributed by atoms with E-state index < -0.39 is 11.6 Å². The van der Waals surface area contributed by atoms with E-state index in [1.165, 1.54) is 33.1 Å². The molecule has 0 bridgehead atoms. The molecule has 0 spiro atoms. The summed E-state index contributed by atoms with van der Waals surface area (Å²) in [4.78, 5) is 9.44. The minimum absolute atomic E-state index is 0.0531. The maximum absolute atomic E-state index is 13.3. The molecular weight excluding hydrogens is 240 g/mol. The molecule has 0 atom stereocenters. The third-order valence-corrected chi connectivity index (χ3v) is 1.71. The number of carbonyl (C=O) groups excluding carboxylic acids is 1. The van der Waals surface area contributed by atoms with Crippen molar-refractivity contribution in [1.29, 1.82) is 0 Å². The van der Waals surface area contributed by atoms with Crippen LogP contribution in [0.25, 0.3) is 0 Å². The van der Waals surface area contributed by atoms with Crippen LogP contribution >= 0.6 is 0 Å². The van der Waals surface area contributed by atoms with Gasteiger partial charge in [0.25, 0.3) is 0 Å². The molecule has 18 heavy (non-hydrogen) atoms. The van der Waals surface area contributed by atoms with E-state index in [0.717, 1.165) is 0 Å². The van der Waals surface area contributed by atoms with Gasteiger partial charge in [0, 0.05) is 6.04 Å². The topological polar surface area (TPSA) is 38.3 Å². The monoisotopic (exact) mass is 259 g/mol. The molecule has 0 unspecified atom stereocenters. The van der Waals surface area contributed by atoms with Gasteiger partial charge in [-0.2, -0.15) is 4.39 Å². The highest BCUT2D eigenvalue weighted by Gasteiger charge is 2.13. The number of ether oxygens (including phenoxy) is 1. The highest BCUT2D eigenvalue weighted by Crippen LogP contribution is 2.25. The number of methoxy groups -OCH3 is 1. The van der Waals surface area contributed by atoms with Gasteiger partial charge >= 0.3 is 0 Å². The zero-order valence-corrected chi connectivity index (χ0v) is 11.3. The van der Waals surface area contributed by atoms with E-state index in [1.807, 2.05) is 13.8 Å². The van der Waals surface area contributed by atoms with Crippen LogP contribution in [0.1, 0.15) is 27.7 Å². The van der Waals surface area contributed by atoms with Crippen molar-refractivity contribution < 1.29 is 18.3 Å². The molecule has 0 radical (unpaired) electrons. The van der Waals surface area contributed by atoms with Crippen molar-refractivity contribution in [2.45, 2.75) is 33.7 Å². The largest absolute Gasteiger partial charge is 0.494 e. The fourth-order valence-corrected chi connectivity index (χ4v) is 1.11. The molecule has 1 N–H and O–H groups in total. The summed E-state index contributed by atoms with van der Waals surface area (Å²) < 4.78 is 31.1. The second-order valence-corrected chi connectivity index (χ2v) is 4.15. The van der Waals surface area contributed by atoms with Crippen molar-refractivity contribution in [2.75, 3.05) is 12.4 Å². The number of Topliss-reactive ketones (excluding diaryl/α,β-unsaturated/α-hetero) is 1. The summed E-state index contributed by atoms with van der Waals surface area (Å²) in [6.45, 7) is 6.75. The molecule has 0 aliphatic heterocycles. The third kappa shape index (κ3) is 5.61. The molecule has 0 amide bonds. The molecule has 0 saturated heterocycles. The lowest BCUT2D eigenvalue weighted by Crippen LogP contribution is -2.11. The summed E-state index contributed by atoms with van der Waals surface area (Å²) >= 11 is 0. The summed E-state index contributed by atoms with van der Waals surface area (Å²) in [6.07, 6.45) is 0. The molecule has 3 nitrogen and oxygen atoms in total. The van der Waals surface area contributed by atoms with Crippen molar-refractivity contribution >= 4 is 11.5 Å². The van der Waals surface area contributed by atoms with E-state index >= 15 is 0 Å². The Morgan fingerprint density at radius 3 is 2.11 bits per heavy atom. The average Bonchev–Trinajstić information content (AvgIpc) is 2.24. The van der Waals surface area contributed by atoms with Gasteiger partial charge in [0.2, 0.25) is 5.82 Å². The van der Waals surface area contributed by atoms with Crippen molar-refractivity contribution in [3.05, 3.63) is 23.8 Å². The quantitative estimate of drug-likeness (QED) is 0.904. The number of halogens is 2. The smallest absolute Gasteiger partial charge is 0.202 e. The number of benzene rings is 1. The highest BCUT2D eigenvalue weighted by atomic mass is 19.2. The Kier molecular flexibility index (Phi) is 6.93. The van der Waals surface area contributed by atoms with Gasteiger partial charge in [-0.05, 0) is 39.8 Å². The summed E-state index contributed by atoms with van der Waals surface area (Å²) in [7, 11) is 1.30. The zero-order chi connectivity index (χ0) is 14.3. The van der Waals surface area contributed by atoms with E-state index in [2.05, 4.69) is 10.1 Å². The predicted molar refractivity (Wildman–Crippen MR) is 68.0 cm³/mol. The third-order valence-electron chi connectivity index (χ3n) is 1.71. The maximum atomic E-state index is 13.3. The van der Waals surface area contributed by atoms with E-state index in [0.29, 0.717) is 0 Å². The van der Waals surface area contributed by atoms with Gasteiger partial charge < -0.3 is 14.8 Å². The molecule has 102 valence electrons. The first kappa shape index (κ1) is 16.4. The van der Waals surface area contributed by atoms with Crippen LogP contribution in [0, 0.1) is 11.6 Å². The van der Waals surface area contributed by atoms with Gasteiger partial charge in [-0.3, -0.25) is 0 Å². The number of carbonyl (C=O) groups is 1. The summed E-state index contributed by atoms with van der Waals surface area (Å²) in [5, 5.41) is 2.79. The van der Waals surface area contributed by atoms with Crippen LogP contribution < -0.4 is 10.1 Å². The number of hydrogen-bond acceptors (Lipinski definition) is 3. The maximum Gasteiger partial charge on any atom is 0.202 e. The lowest BCUT2D eigenvalue weighted by Gasteiger charge is -2.12. The number of ketones is 1. The standard InChI is InChI=1S/C10H13F2NO.C3H6O/c1-6(2)13-7-4-5-8(14-3)10(12)9(7)11;1-3(2)4/h4-6,13H,1-3H3;1-2H3. The van der Waals surface area contributed by atoms with Gasteiger partial charge in [-0.25, -0.2) is 4.39 Å². The van der Waals surface area contributed by atoms with Crippen LogP contribution in [0.2, 0.25) is 0 Å². The molecule has 1 aromatic rings. The first-order valence-corrected chi connectivity index (χ1v) is 5.55. The summed E-state index contributed by atoms with van der Waals surface area (Å²) in [6, 6.07) is 2.90. The molecule has 1 rings (SSSR count). The second-order valence-electron chi connectivity index (χ2n) is 4.15. The van der Waals surface area contributed by atoms with Crippen LogP contribution in [-0.4, -0.2) is 18.9 Å². The van der Waals surface area contributed by atoms with Crippen LogP contribution in [-0.2, 0) is 4.79 Å². The molecule has 0 saturated carbocycles. The van der Waals surface area contributed by atoms with Crippen molar-refractivity contribution in [2.24, 2.45) is 0 Å². The van der Waals surface area contributed by atoms with E-state index in [4.69, 9.17) is 0 Å². The predicted octanol–water partition coefficient (Wildman–Crippen LogP) is 3.39. The fourth-order valence-electron chi connectivity index (χ4n) is 1.11. The van der Waals surface area contributed by atoms with Gasteiger partial charge in [0.05, 0.1) is 12.8 Å². The second kappa shape index (κ2) is 7.63. The first-order valence-electron chi connectivity index (χ1n) is 5.55. The Morgan fingerprint density at radius 2 is 1.72 bits per heavy atom. The number of rotatable bonds is 3. The van der Waals surface area contributed by atoms with Gasteiger partial charge in [0.1, 0.15) is 5.78 Å². The lowest BCUT2D eigenvalue weighted by atomic mass is 10.2. The highest BCUT2D eigenvalue weighted by molar-refractivity contribution is 5.72. The zero-order valence-electron chi connectivity index (χ0n) is 11.3. The lowest BCUT2D eigenvalue weighted by molar-refractivity contribution is -0.114. The van der Waals surface area contributed by atoms with Crippen LogP contribution in [0.3, 0.4) is 0 Å². The fraction of sp³-hybridized carbons (Fsp3) is 0.462. The Labute approximate surface area is 106 Å². The minimum Gasteiger partial charge on any atom is -0.494 e. The Balaban J connectivity index is 0.000000631. The van der Waals surface area contributed by atoms with Crippen molar-refractivity contribution in [1.82, 2.24) is 0 Å². The normalized spacial score (nSPS) is 9.56. The van der Waals surface area contributed by atoms with Gasteiger partial charge in [-0.15, -0.1) is 0 Å². The van der Waals surface area contributed by atoms with Crippen LogP contribution in [0.15, 0.2) is 12.1 Å². The molecule has 0 aromatic heterocycles. The number of anilines is 1. The van der Waals surface area contributed by atoms with Crippen molar-refractivity contribution in [3.63, 3.8) is 0 Å². The number of nitrogens with one attached hydrogen (secondary N) is 1. The van der Waals surface area contributed by atoms with E-state index in [-0.39, 0.29) is 23.3 Å². The van der Waals surface area contributed by atoms with Gasteiger partial charge in [-0.1, -0.05) is 0 Å². The van der Waals surface area contributed by atoms with Crippen molar-refractivity contribution in [3.8, 4) is 5.75 Å². The molecule has 0 heterocycles. The Morgan fingerprint density at radius 1 is 1.22 bits per heavy atom. The molecule has 5 heteroatoms. The Bertz CT molecular complexity index is 402. The van der Waals surface area contributed by atoms with Gasteiger partial charge in [0.15, 0.2) is 11.6 Å².